The standard InChI is InChI=1S/C12H16N4O3.ClH/c17-12(15-7-9-5-13-6-9)8-14-10-3-1-2-4-11(10)16(18)19;/h1-4,9,13-14H,5-8H2,(H,15,17);1H. The van der Waals surface area contributed by atoms with Crippen LogP contribution < -0.4 is 16.0 Å². The molecule has 20 heavy (non-hydrogen) atoms. The molecule has 2 rings (SSSR count). The number of hydrogen-bond acceptors (Lipinski definition) is 5. The first-order valence-electron chi connectivity index (χ1n) is 6.11. The Labute approximate surface area is 122 Å². The van der Waals surface area contributed by atoms with Crippen molar-refractivity contribution in [3.05, 3.63) is 34.4 Å². The lowest BCUT2D eigenvalue weighted by Gasteiger charge is -2.27. The fourth-order valence-electron chi connectivity index (χ4n) is 1.77. The molecule has 0 aliphatic carbocycles. The van der Waals surface area contributed by atoms with Crippen molar-refractivity contribution in [3.8, 4) is 0 Å². The van der Waals surface area contributed by atoms with E-state index < -0.39 is 4.92 Å². The van der Waals surface area contributed by atoms with Gasteiger partial charge < -0.3 is 16.0 Å². The summed E-state index contributed by atoms with van der Waals surface area (Å²) in [6.45, 7) is 2.53. The van der Waals surface area contributed by atoms with Crippen molar-refractivity contribution in [2.24, 2.45) is 5.92 Å². The van der Waals surface area contributed by atoms with Gasteiger partial charge in [0.2, 0.25) is 5.91 Å². The summed E-state index contributed by atoms with van der Waals surface area (Å²) in [7, 11) is 0. The third-order valence-corrected chi connectivity index (χ3v) is 2.99. The molecule has 3 N–H and O–H groups in total. The normalized spacial score (nSPS) is 13.8. The number of hydrogen-bond donors (Lipinski definition) is 3. The van der Waals surface area contributed by atoms with E-state index in [0.717, 1.165) is 13.1 Å². The highest BCUT2D eigenvalue weighted by Crippen LogP contribution is 2.22. The topological polar surface area (TPSA) is 96.3 Å². The molecule has 8 heteroatoms. The highest BCUT2D eigenvalue weighted by Gasteiger charge is 2.17. The molecule has 0 bridgehead atoms. The molecule has 0 aromatic heterocycles. The fraction of sp³-hybridized carbons (Fsp3) is 0.417. The number of nitrogens with one attached hydrogen (secondary N) is 3. The van der Waals surface area contributed by atoms with Crippen molar-refractivity contribution in [2.45, 2.75) is 0 Å². The Hall–Kier alpha value is -1.86. The Balaban J connectivity index is 0.00000200. The number of amides is 1. The van der Waals surface area contributed by atoms with E-state index in [9.17, 15) is 14.9 Å². The molecular weight excluding hydrogens is 284 g/mol. The predicted octanol–water partition coefficient (Wildman–Crippen LogP) is 0.764. The van der Waals surface area contributed by atoms with Crippen LogP contribution in [0.1, 0.15) is 0 Å². The molecule has 1 aromatic rings. The summed E-state index contributed by atoms with van der Waals surface area (Å²) in [4.78, 5) is 21.9. The average molecular weight is 301 g/mol. The maximum atomic E-state index is 11.6. The molecule has 7 nitrogen and oxygen atoms in total. The van der Waals surface area contributed by atoms with E-state index in [4.69, 9.17) is 0 Å². The van der Waals surface area contributed by atoms with Crippen LogP contribution in [0.25, 0.3) is 0 Å². The first-order chi connectivity index (χ1) is 9.16. The molecule has 110 valence electrons. The molecule has 0 spiro atoms. The Morgan fingerprint density at radius 2 is 2.10 bits per heavy atom. The van der Waals surface area contributed by atoms with Crippen LogP contribution in [-0.4, -0.2) is 37.0 Å². The van der Waals surface area contributed by atoms with Crippen LogP contribution in [0.5, 0.6) is 0 Å². The van der Waals surface area contributed by atoms with E-state index in [-0.39, 0.29) is 30.5 Å². The second kappa shape index (κ2) is 7.66. The number of nitro groups is 1. The van der Waals surface area contributed by atoms with Gasteiger partial charge in [-0.05, 0) is 6.07 Å². The van der Waals surface area contributed by atoms with Crippen LogP contribution in [0.2, 0.25) is 0 Å². The van der Waals surface area contributed by atoms with E-state index in [2.05, 4.69) is 16.0 Å². The van der Waals surface area contributed by atoms with Gasteiger partial charge in [-0.15, -0.1) is 12.4 Å². The number of para-hydroxylation sites is 2. The van der Waals surface area contributed by atoms with Gasteiger partial charge in [0.25, 0.3) is 5.69 Å². The van der Waals surface area contributed by atoms with Gasteiger partial charge in [0.15, 0.2) is 0 Å². The third-order valence-electron chi connectivity index (χ3n) is 2.99. The maximum absolute atomic E-state index is 11.6. The van der Waals surface area contributed by atoms with E-state index in [1.54, 1.807) is 18.2 Å². The molecule has 1 aliphatic heterocycles. The SMILES string of the molecule is Cl.O=C(CNc1ccccc1[N+](=O)[O-])NCC1CNC1. The van der Waals surface area contributed by atoms with Gasteiger partial charge in [0.05, 0.1) is 11.5 Å². The molecule has 0 unspecified atom stereocenters. The second-order valence-corrected chi connectivity index (χ2v) is 4.46. The quantitative estimate of drug-likeness (QED) is 0.532. The van der Waals surface area contributed by atoms with E-state index in [1.807, 2.05) is 0 Å². The van der Waals surface area contributed by atoms with Gasteiger partial charge in [-0.1, -0.05) is 12.1 Å². The lowest BCUT2D eigenvalue weighted by Crippen LogP contribution is -2.48. The van der Waals surface area contributed by atoms with Crippen LogP contribution in [0, 0.1) is 16.0 Å². The smallest absolute Gasteiger partial charge is 0.292 e. The molecule has 0 saturated carbocycles. The maximum Gasteiger partial charge on any atom is 0.292 e. The van der Waals surface area contributed by atoms with Crippen molar-refractivity contribution in [1.82, 2.24) is 10.6 Å². The Morgan fingerprint density at radius 1 is 1.40 bits per heavy atom. The first-order valence-corrected chi connectivity index (χ1v) is 6.11. The summed E-state index contributed by atoms with van der Waals surface area (Å²) in [5.41, 5.74) is 0.325. The molecular formula is C12H17ClN4O3. The minimum Gasteiger partial charge on any atom is -0.371 e. The summed E-state index contributed by atoms with van der Waals surface area (Å²) in [6, 6.07) is 6.27. The summed E-state index contributed by atoms with van der Waals surface area (Å²) in [6.07, 6.45) is 0. The number of rotatable bonds is 6. The largest absolute Gasteiger partial charge is 0.371 e. The molecule has 1 aromatic carbocycles. The van der Waals surface area contributed by atoms with Crippen LogP contribution in [0.3, 0.4) is 0 Å². The first kappa shape index (κ1) is 16.2. The Morgan fingerprint density at radius 3 is 2.70 bits per heavy atom. The minimum atomic E-state index is -0.472. The number of anilines is 1. The summed E-state index contributed by atoms with van der Waals surface area (Å²) in [5, 5.41) is 19.5. The number of halogens is 1. The van der Waals surface area contributed by atoms with Crippen molar-refractivity contribution < 1.29 is 9.72 Å². The van der Waals surface area contributed by atoms with Crippen molar-refractivity contribution in [2.75, 3.05) is 31.5 Å². The number of nitro benzene ring substituents is 1. The fourth-order valence-corrected chi connectivity index (χ4v) is 1.77. The zero-order valence-electron chi connectivity index (χ0n) is 10.8. The minimum absolute atomic E-state index is 0. The number of carbonyl (C=O) groups is 1. The van der Waals surface area contributed by atoms with Crippen molar-refractivity contribution >= 4 is 29.7 Å². The number of nitrogens with zero attached hydrogens (tertiary/aromatic N) is 1. The van der Waals surface area contributed by atoms with Crippen molar-refractivity contribution in [3.63, 3.8) is 0 Å². The Kier molecular flexibility index (Phi) is 6.20. The number of benzene rings is 1. The lowest BCUT2D eigenvalue weighted by molar-refractivity contribution is -0.383. The van der Waals surface area contributed by atoms with E-state index in [1.165, 1.54) is 6.07 Å². The predicted molar refractivity (Wildman–Crippen MR) is 78.2 cm³/mol. The van der Waals surface area contributed by atoms with Gasteiger partial charge in [-0.25, -0.2) is 0 Å². The molecule has 1 aliphatic rings. The molecule has 1 heterocycles. The van der Waals surface area contributed by atoms with Gasteiger partial charge >= 0.3 is 0 Å². The summed E-state index contributed by atoms with van der Waals surface area (Å²) in [5.74, 6) is 0.333. The van der Waals surface area contributed by atoms with Crippen LogP contribution in [0.15, 0.2) is 24.3 Å². The van der Waals surface area contributed by atoms with Crippen LogP contribution in [-0.2, 0) is 4.79 Å². The number of carbonyl (C=O) groups excluding carboxylic acids is 1. The highest BCUT2D eigenvalue weighted by atomic mass is 35.5. The molecule has 1 amide bonds. The van der Waals surface area contributed by atoms with Crippen LogP contribution >= 0.6 is 12.4 Å². The lowest BCUT2D eigenvalue weighted by atomic mass is 10.0. The molecule has 0 radical (unpaired) electrons. The zero-order valence-corrected chi connectivity index (χ0v) is 11.6. The van der Waals surface area contributed by atoms with Gasteiger partial charge in [0, 0.05) is 31.6 Å². The highest BCUT2D eigenvalue weighted by molar-refractivity contribution is 5.85. The van der Waals surface area contributed by atoms with Crippen molar-refractivity contribution in [1.29, 1.82) is 0 Å². The average Bonchev–Trinajstić information content (AvgIpc) is 2.34. The monoisotopic (exact) mass is 300 g/mol. The van der Waals surface area contributed by atoms with Gasteiger partial charge in [-0.2, -0.15) is 0 Å². The van der Waals surface area contributed by atoms with E-state index in [0.29, 0.717) is 18.2 Å². The molecule has 0 atom stereocenters. The van der Waals surface area contributed by atoms with Gasteiger partial charge in [0.1, 0.15) is 5.69 Å². The Bertz CT molecular complexity index is 480. The molecule has 1 fully saturated rings. The van der Waals surface area contributed by atoms with Crippen LogP contribution in [0.4, 0.5) is 11.4 Å². The summed E-state index contributed by atoms with van der Waals surface area (Å²) >= 11 is 0. The third kappa shape index (κ3) is 4.36. The molecule has 1 saturated heterocycles. The van der Waals surface area contributed by atoms with E-state index >= 15 is 0 Å². The summed E-state index contributed by atoms with van der Waals surface area (Å²) < 4.78 is 0. The second-order valence-electron chi connectivity index (χ2n) is 4.46. The van der Waals surface area contributed by atoms with Gasteiger partial charge in [-0.3, -0.25) is 14.9 Å². The zero-order chi connectivity index (χ0) is 13.7.